The standard InChI is InChI=1S/C22H24FN3O4S/c1-14-4-5-15(21(27)24-17-7-8-17)12-19(14)25-22(28)16-6-9-18(23)20(13-16)31(29,30)26-10-2-3-11-26/h4-6,9,12-13,17H,2-3,7-8,10-11H2,1H3,(H,24,27)(H,25,28). The van der Waals surface area contributed by atoms with E-state index in [4.69, 9.17) is 0 Å². The number of aryl methyl sites for hydroxylation is 1. The Morgan fingerprint density at radius 3 is 2.32 bits per heavy atom. The summed E-state index contributed by atoms with van der Waals surface area (Å²) in [5.74, 6) is -1.68. The van der Waals surface area contributed by atoms with E-state index in [2.05, 4.69) is 10.6 Å². The first kappa shape index (κ1) is 21.5. The quantitative estimate of drug-likeness (QED) is 0.714. The van der Waals surface area contributed by atoms with Gasteiger partial charge in [0.05, 0.1) is 0 Å². The van der Waals surface area contributed by atoms with Crippen LogP contribution in [0.4, 0.5) is 10.1 Å². The minimum absolute atomic E-state index is 0.0198. The van der Waals surface area contributed by atoms with Crippen LogP contribution in [0, 0.1) is 12.7 Å². The zero-order valence-electron chi connectivity index (χ0n) is 17.2. The second kappa shape index (κ2) is 8.39. The molecule has 0 unspecified atom stereocenters. The van der Waals surface area contributed by atoms with Gasteiger partial charge in [-0.15, -0.1) is 0 Å². The number of anilines is 1. The number of hydrogen-bond donors (Lipinski definition) is 2. The van der Waals surface area contributed by atoms with E-state index in [1.807, 2.05) is 0 Å². The Morgan fingerprint density at radius 2 is 1.65 bits per heavy atom. The van der Waals surface area contributed by atoms with Crippen molar-refractivity contribution >= 4 is 27.5 Å². The van der Waals surface area contributed by atoms with Crippen LogP contribution >= 0.6 is 0 Å². The zero-order chi connectivity index (χ0) is 22.2. The molecule has 1 aliphatic heterocycles. The van der Waals surface area contributed by atoms with Gasteiger partial charge in [-0.1, -0.05) is 6.07 Å². The largest absolute Gasteiger partial charge is 0.349 e. The number of benzene rings is 2. The van der Waals surface area contributed by atoms with Gasteiger partial charge in [0, 0.05) is 35.9 Å². The molecule has 0 atom stereocenters. The molecule has 2 N–H and O–H groups in total. The number of amides is 2. The second-order valence-corrected chi connectivity index (χ2v) is 9.89. The van der Waals surface area contributed by atoms with Crippen molar-refractivity contribution in [2.45, 2.75) is 43.5 Å². The number of rotatable bonds is 6. The van der Waals surface area contributed by atoms with Crippen LogP contribution in [0.5, 0.6) is 0 Å². The lowest BCUT2D eigenvalue weighted by atomic mass is 10.1. The highest BCUT2D eigenvalue weighted by Crippen LogP contribution is 2.25. The third-order valence-corrected chi connectivity index (χ3v) is 7.45. The van der Waals surface area contributed by atoms with Crippen LogP contribution in [0.3, 0.4) is 0 Å². The van der Waals surface area contributed by atoms with Crippen LogP contribution in [-0.2, 0) is 10.0 Å². The average Bonchev–Trinajstić information content (AvgIpc) is 3.36. The van der Waals surface area contributed by atoms with Crippen LogP contribution in [0.15, 0.2) is 41.3 Å². The SMILES string of the molecule is Cc1ccc(C(=O)NC2CC2)cc1NC(=O)c1ccc(F)c(S(=O)(=O)N2CCCC2)c1. The summed E-state index contributed by atoms with van der Waals surface area (Å²) < 4.78 is 41.1. The maximum atomic E-state index is 14.3. The molecule has 2 aliphatic rings. The first-order valence-electron chi connectivity index (χ1n) is 10.3. The summed E-state index contributed by atoms with van der Waals surface area (Å²) in [5, 5.41) is 5.60. The van der Waals surface area contributed by atoms with E-state index in [9.17, 15) is 22.4 Å². The molecule has 7 nitrogen and oxygen atoms in total. The summed E-state index contributed by atoms with van der Waals surface area (Å²) in [6, 6.07) is 8.50. The normalized spacial score (nSPS) is 16.8. The van der Waals surface area contributed by atoms with Crippen molar-refractivity contribution < 1.29 is 22.4 Å². The third kappa shape index (κ3) is 4.62. The molecule has 2 amide bonds. The maximum absolute atomic E-state index is 14.3. The van der Waals surface area contributed by atoms with Gasteiger partial charge in [-0.25, -0.2) is 12.8 Å². The Morgan fingerprint density at radius 1 is 1.00 bits per heavy atom. The van der Waals surface area contributed by atoms with Crippen LogP contribution < -0.4 is 10.6 Å². The number of sulfonamides is 1. The van der Waals surface area contributed by atoms with E-state index in [1.165, 1.54) is 10.4 Å². The van der Waals surface area contributed by atoms with E-state index in [0.717, 1.165) is 43.4 Å². The molecule has 1 heterocycles. The van der Waals surface area contributed by atoms with Gasteiger partial charge in [0.25, 0.3) is 11.8 Å². The van der Waals surface area contributed by atoms with Gasteiger partial charge in [0.1, 0.15) is 10.7 Å². The van der Waals surface area contributed by atoms with Crippen LogP contribution in [-0.4, -0.2) is 43.7 Å². The fourth-order valence-electron chi connectivity index (χ4n) is 3.50. The van der Waals surface area contributed by atoms with E-state index >= 15 is 0 Å². The molecule has 31 heavy (non-hydrogen) atoms. The van der Waals surface area contributed by atoms with E-state index in [-0.39, 0.29) is 17.5 Å². The summed E-state index contributed by atoms with van der Waals surface area (Å²) in [4.78, 5) is 24.6. The smallest absolute Gasteiger partial charge is 0.255 e. The van der Waals surface area contributed by atoms with E-state index < -0.39 is 26.6 Å². The molecule has 0 spiro atoms. The van der Waals surface area contributed by atoms with E-state index in [0.29, 0.717) is 24.3 Å². The van der Waals surface area contributed by atoms with Gasteiger partial charge in [-0.2, -0.15) is 4.31 Å². The van der Waals surface area contributed by atoms with E-state index in [1.54, 1.807) is 25.1 Å². The molecular weight excluding hydrogens is 421 g/mol. The predicted octanol–water partition coefficient (Wildman–Crippen LogP) is 3.06. The molecule has 1 saturated carbocycles. The lowest BCUT2D eigenvalue weighted by Gasteiger charge is -2.17. The van der Waals surface area contributed by atoms with Gasteiger partial charge < -0.3 is 10.6 Å². The molecule has 0 aromatic heterocycles. The summed E-state index contributed by atoms with van der Waals surface area (Å²) in [5.41, 5.74) is 1.61. The maximum Gasteiger partial charge on any atom is 0.255 e. The van der Waals surface area contributed by atoms with Crippen molar-refractivity contribution in [1.82, 2.24) is 9.62 Å². The van der Waals surface area contributed by atoms with Crippen LogP contribution in [0.1, 0.15) is 52.0 Å². The molecule has 0 bridgehead atoms. The highest BCUT2D eigenvalue weighted by molar-refractivity contribution is 7.89. The van der Waals surface area contributed by atoms with Gasteiger partial charge >= 0.3 is 0 Å². The Labute approximate surface area is 180 Å². The number of carbonyl (C=O) groups excluding carboxylic acids is 2. The molecule has 2 aromatic carbocycles. The fraction of sp³-hybridized carbons (Fsp3) is 0.364. The molecule has 1 aliphatic carbocycles. The van der Waals surface area contributed by atoms with Crippen molar-refractivity contribution in [3.63, 3.8) is 0 Å². The van der Waals surface area contributed by atoms with Gasteiger partial charge in [-0.05, 0) is 68.5 Å². The van der Waals surface area contributed by atoms with Crippen LogP contribution in [0.25, 0.3) is 0 Å². The highest BCUT2D eigenvalue weighted by atomic mass is 32.2. The van der Waals surface area contributed by atoms with Crippen molar-refractivity contribution in [2.24, 2.45) is 0 Å². The number of hydrogen-bond acceptors (Lipinski definition) is 4. The lowest BCUT2D eigenvalue weighted by molar-refractivity contribution is 0.0949. The van der Waals surface area contributed by atoms with Gasteiger partial charge in [0.15, 0.2) is 0 Å². The summed E-state index contributed by atoms with van der Waals surface area (Å²) >= 11 is 0. The van der Waals surface area contributed by atoms with Crippen molar-refractivity contribution in [3.8, 4) is 0 Å². The summed E-state index contributed by atoms with van der Waals surface area (Å²) in [6.45, 7) is 2.46. The second-order valence-electron chi connectivity index (χ2n) is 7.99. The number of halogens is 1. The summed E-state index contributed by atoms with van der Waals surface area (Å²) in [7, 11) is -4.00. The molecule has 164 valence electrons. The number of carbonyl (C=O) groups is 2. The van der Waals surface area contributed by atoms with Crippen molar-refractivity contribution in [2.75, 3.05) is 18.4 Å². The Balaban J connectivity index is 1.57. The van der Waals surface area contributed by atoms with Crippen LogP contribution in [0.2, 0.25) is 0 Å². The topological polar surface area (TPSA) is 95.6 Å². The lowest BCUT2D eigenvalue weighted by Crippen LogP contribution is -2.29. The Hall–Kier alpha value is -2.78. The third-order valence-electron chi connectivity index (χ3n) is 5.54. The van der Waals surface area contributed by atoms with Crippen molar-refractivity contribution in [3.05, 3.63) is 58.9 Å². The predicted molar refractivity (Wildman–Crippen MR) is 114 cm³/mol. The minimum Gasteiger partial charge on any atom is -0.349 e. The summed E-state index contributed by atoms with van der Waals surface area (Å²) in [6.07, 6.45) is 3.39. The number of nitrogens with one attached hydrogen (secondary N) is 2. The molecule has 4 rings (SSSR count). The zero-order valence-corrected chi connectivity index (χ0v) is 18.0. The first-order valence-corrected chi connectivity index (χ1v) is 11.7. The molecular formula is C22H24FN3O4S. The minimum atomic E-state index is -4.00. The fourth-order valence-corrected chi connectivity index (χ4v) is 5.11. The Kier molecular flexibility index (Phi) is 5.81. The molecule has 2 fully saturated rings. The van der Waals surface area contributed by atoms with Gasteiger partial charge in [-0.3, -0.25) is 9.59 Å². The average molecular weight is 446 g/mol. The van der Waals surface area contributed by atoms with Gasteiger partial charge in [0.2, 0.25) is 10.0 Å². The van der Waals surface area contributed by atoms with Crippen molar-refractivity contribution in [1.29, 1.82) is 0 Å². The Bertz CT molecular complexity index is 1140. The molecule has 2 aromatic rings. The molecule has 9 heteroatoms. The number of nitrogens with zero attached hydrogens (tertiary/aromatic N) is 1. The molecule has 1 saturated heterocycles. The highest BCUT2D eigenvalue weighted by Gasteiger charge is 2.30. The molecule has 0 radical (unpaired) electrons. The first-order chi connectivity index (χ1) is 14.8. The monoisotopic (exact) mass is 445 g/mol.